The van der Waals surface area contributed by atoms with Gasteiger partial charge in [0.2, 0.25) is 5.95 Å². The molecule has 1 aromatic carbocycles. The molecule has 1 aliphatic carbocycles. The van der Waals surface area contributed by atoms with Crippen LogP contribution in [0.25, 0.3) is 17.4 Å². The summed E-state index contributed by atoms with van der Waals surface area (Å²) in [6.07, 6.45) is 3.75. The number of H-pyrrole nitrogens is 1. The number of fused-ring (bicyclic) bond motifs is 1. The van der Waals surface area contributed by atoms with Crippen molar-refractivity contribution in [3.05, 3.63) is 81.7 Å². The molecule has 0 spiro atoms. The highest BCUT2D eigenvalue weighted by atomic mass is 19.1. The third-order valence-corrected chi connectivity index (χ3v) is 4.97. The first-order valence-electron chi connectivity index (χ1n) is 9.42. The molecule has 8 nitrogen and oxygen atoms in total. The molecular formula is C21H16FN5O3. The van der Waals surface area contributed by atoms with Crippen molar-refractivity contribution in [2.75, 3.05) is 5.32 Å². The van der Waals surface area contributed by atoms with Gasteiger partial charge >= 0.3 is 0 Å². The molecule has 0 fully saturated rings. The molecular weight excluding hydrogens is 389 g/mol. The van der Waals surface area contributed by atoms with Gasteiger partial charge < -0.3 is 9.73 Å². The van der Waals surface area contributed by atoms with Gasteiger partial charge in [-0.1, -0.05) is 12.1 Å². The summed E-state index contributed by atoms with van der Waals surface area (Å²) < 4.78 is 20.7. The van der Waals surface area contributed by atoms with E-state index in [2.05, 4.69) is 20.4 Å². The minimum absolute atomic E-state index is 0.111. The van der Waals surface area contributed by atoms with E-state index in [1.807, 2.05) is 0 Å². The number of aryl methyl sites for hydroxylation is 1. The van der Waals surface area contributed by atoms with Gasteiger partial charge in [0.25, 0.3) is 11.5 Å². The van der Waals surface area contributed by atoms with Gasteiger partial charge in [0.05, 0.1) is 17.5 Å². The SMILES string of the molecule is O=C(Nc1cc(-c2ccco2)nn1-c1nc2c(c(=O)[nH]1)CCC2)c1ccccc1F. The summed E-state index contributed by atoms with van der Waals surface area (Å²) in [4.78, 5) is 32.4. The number of hydrogen-bond acceptors (Lipinski definition) is 5. The zero-order chi connectivity index (χ0) is 20.7. The second-order valence-corrected chi connectivity index (χ2v) is 6.91. The molecule has 1 amide bonds. The summed E-state index contributed by atoms with van der Waals surface area (Å²) >= 11 is 0. The number of hydrogen-bond donors (Lipinski definition) is 2. The van der Waals surface area contributed by atoms with Crippen LogP contribution in [0, 0.1) is 5.82 Å². The molecule has 30 heavy (non-hydrogen) atoms. The standard InChI is InChI=1S/C21H16FN5O3/c22-14-7-2-1-5-12(14)19(28)24-18-11-16(17-9-4-10-30-17)26-27(18)21-23-15-8-3-6-13(15)20(29)25-21/h1-2,4-5,7,9-11H,3,6,8H2,(H,24,28)(H,23,25,29). The number of carbonyl (C=O) groups excluding carboxylic acids is 1. The normalized spacial score (nSPS) is 12.7. The smallest absolute Gasteiger partial charge is 0.259 e. The van der Waals surface area contributed by atoms with Crippen LogP contribution < -0.4 is 10.9 Å². The summed E-state index contributed by atoms with van der Waals surface area (Å²) in [5.74, 6) is -0.433. The number of aromatic amines is 1. The highest BCUT2D eigenvalue weighted by molar-refractivity contribution is 6.04. The number of halogens is 1. The van der Waals surface area contributed by atoms with Crippen LogP contribution in [-0.4, -0.2) is 25.7 Å². The van der Waals surface area contributed by atoms with E-state index in [1.165, 1.54) is 29.1 Å². The first-order chi connectivity index (χ1) is 14.6. The van der Waals surface area contributed by atoms with Crippen molar-refractivity contribution in [1.82, 2.24) is 19.7 Å². The lowest BCUT2D eigenvalue weighted by Crippen LogP contribution is -2.21. The fourth-order valence-electron chi connectivity index (χ4n) is 3.53. The van der Waals surface area contributed by atoms with Crippen molar-refractivity contribution in [3.8, 4) is 17.4 Å². The zero-order valence-corrected chi connectivity index (χ0v) is 15.7. The second-order valence-electron chi connectivity index (χ2n) is 6.91. The van der Waals surface area contributed by atoms with E-state index < -0.39 is 11.7 Å². The summed E-state index contributed by atoms with van der Waals surface area (Å²) in [7, 11) is 0. The van der Waals surface area contributed by atoms with E-state index in [4.69, 9.17) is 4.42 Å². The van der Waals surface area contributed by atoms with Gasteiger partial charge in [0.1, 0.15) is 17.3 Å². The lowest BCUT2D eigenvalue weighted by Gasteiger charge is -2.09. The number of benzene rings is 1. The van der Waals surface area contributed by atoms with Crippen LogP contribution in [0.4, 0.5) is 10.2 Å². The Balaban J connectivity index is 1.60. The first-order valence-corrected chi connectivity index (χ1v) is 9.42. The van der Waals surface area contributed by atoms with Crippen LogP contribution in [-0.2, 0) is 12.8 Å². The molecule has 0 saturated heterocycles. The van der Waals surface area contributed by atoms with Crippen LogP contribution in [0.3, 0.4) is 0 Å². The van der Waals surface area contributed by atoms with Gasteiger partial charge in [-0.25, -0.2) is 9.37 Å². The minimum atomic E-state index is -0.649. The third kappa shape index (κ3) is 3.10. The highest BCUT2D eigenvalue weighted by Gasteiger charge is 2.22. The molecule has 5 rings (SSSR count). The number of carbonyl (C=O) groups is 1. The van der Waals surface area contributed by atoms with Crippen LogP contribution in [0.2, 0.25) is 0 Å². The predicted molar refractivity (Wildman–Crippen MR) is 106 cm³/mol. The lowest BCUT2D eigenvalue weighted by molar-refractivity contribution is 0.102. The molecule has 150 valence electrons. The molecule has 1 aliphatic rings. The molecule has 9 heteroatoms. The van der Waals surface area contributed by atoms with Crippen LogP contribution in [0.15, 0.2) is 57.9 Å². The van der Waals surface area contributed by atoms with E-state index in [-0.39, 0.29) is 22.9 Å². The molecule has 0 aliphatic heterocycles. The number of anilines is 1. The Kier molecular flexibility index (Phi) is 4.27. The second kappa shape index (κ2) is 7.11. The maximum absolute atomic E-state index is 14.0. The predicted octanol–water partition coefficient (Wildman–Crippen LogP) is 3.10. The summed E-state index contributed by atoms with van der Waals surface area (Å²) in [5.41, 5.74) is 1.48. The Morgan fingerprint density at radius 3 is 2.87 bits per heavy atom. The average molecular weight is 405 g/mol. The van der Waals surface area contributed by atoms with Gasteiger partial charge in [-0.3, -0.25) is 14.6 Å². The number of nitrogens with zero attached hydrogens (tertiary/aromatic N) is 3. The molecule has 4 aromatic rings. The quantitative estimate of drug-likeness (QED) is 0.543. The van der Waals surface area contributed by atoms with Crippen molar-refractivity contribution < 1.29 is 13.6 Å². The molecule has 2 N–H and O–H groups in total. The largest absolute Gasteiger partial charge is 0.463 e. The van der Waals surface area contributed by atoms with E-state index in [0.717, 1.165) is 12.1 Å². The zero-order valence-electron chi connectivity index (χ0n) is 15.7. The van der Waals surface area contributed by atoms with E-state index in [1.54, 1.807) is 24.3 Å². The Bertz CT molecular complexity index is 1310. The van der Waals surface area contributed by atoms with Crippen molar-refractivity contribution in [1.29, 1.82) is 0 Å². The molecule has 3 aromatic heterocycles. The maximum atomic E-state index is 14.0. The Labute approximate surface area is 169 Å². The number of furan rings is 1. The molecule has 0 radical (unpaired) electrons. The van der Waals surface area contributed by atoms with Gasteiger partial charge in [0, 0.05) is 11.6 Å². The number of rotatable bonds is 4. The lowest BCUT2D eigenvalue weighted by atomic mass is 10.2. The fourth-order valence-corrected chi connectivity index (χ4v) is 3.53. The van der Waals surface area contributed by atoms with Crippen LogP contribution in [0.1, 0.15) is 28.0 Å². The molecule has 0 unspecified atom stereocenters. The van der Waals surface area contributed by atoms with Crippen LogP contribution >= 0.6 is 0 Å². The highest BCUT2D eigenvalue weighted by Crippen LogP contribution is 2.25. The van der Waals surface area contributed by atoms with Crippen LogP contribution in [0.5, 0.6) is 0 Å². The topological polar surface area (TPSA) is 106 Å². The maximum Gasteiger partial charge on any atom is 0.259 e. The van der Waals surface area contributed by atoms with Gasteiger partial charge in [-0.05, 0) is 43.5 Å². The summed E-state index contributed by atoms with van der Waals surface area (Å²) in [5, 5.41) is 7.09. The summed E-state index contributed by atoms with van der Waals surface area (Å²) in [6.45, 7) is 0. The average Bonchev–Trinajstić information content (AvgIpc) is 3.48. The van der Waals surface area contributed by atoms with Gasteiger partial charge in [0.15, 0.2) is 5.76 Å². The van der Waals surface area contributed by atoms with Gasteiger partial charge in [-0.2, -0.15) is 9.78 Å². The van der Waals surface area contributed by atoms with Crippen molar-refractivity contribution in [2.24, 2.45) is 0 Å². The molecule has 0 saturated carbocycles. The van der Waals surface area contributed by atoms with Crippen molar-refractivity contribution >= 4 is 11.7 Å². The van der Waals surface area contributed by atoms with E-state index >= 15 is 0 Å². The van der Waals surface area contributed by atoms with E-state index in [9.17, 15) is 14.0 Å². The van der Waals surface area contributed by atoms with Crippen molar-refractivity contribution in [3.63, 3.8) is 0 Å². The monoisotopic (exact) mass is 405 g/mol. The summed E-state index contributed by atoms with van der Waals surface area (Å²) in [6, 6.07) is 10.7. The Morgan fingerprint density at radius 1 is 1.20 bits per heavy atom. The number of nitrogens with one attached hydrogen (secondary N) is 2. The molecule has 0 atom stereocenters. The Hall–Kier alpha value is -4.01. The fraction of sp³-hybridized carbons (Fsp3) is 0.143. The molecule has 3 heterocycles. The Morgan fingerprint density at radius 2 is 2.07 bits per heavy atom. The van der Waals surface area contributed by atoms with Gasteiger partial charge in [-0.15, -0.1) is 0 Å². The van der Waals surface area contributed by atoms with Crippen molar-refractivity contribution in [2.45, 2.75) is 19.3 Å². The van der Waals surface area contributed by atoms with E-state index in [0.29, 0.717) is 29.9 Å². The third-order valence-electron chi connectivity index (χ3n) is 4.97. The minimum Gasteiger partial charge on any atom is -0.463 e. The first kappa shape index (κ1) is 18.0. The molecule has 0 bridgehead atoms. The number of amides is 1. The number of aromatic nitrogens is 4.